The molecule has 0 bridgehead atoms. The molecule has 0 spiro atoms. The fraction of sp³-hybridized carbons (Fsp3) is 0.600. The SMILES string of the molecule is Cl.NC1CCC2CN(CCc3ccccc3)CC12. The molecular formula is C15H23ClN2. The second-order valence-corrected chi connectivity index (χ2v) is 5.66. The van der Waals surface area contributed by atoms with E-state index in [4.69, 9.17) is 5.73 Å². The maximum Gasteiger partial charge on any atom is 0.00826 e. The molecule has 3 unspecified atom stereocenters. The van der Waals surface area contributed by atoms with Gasteiger partial charge in [0, 0.05) is 25.7 Å². The van der Waals surface area contributed by atoms with Gasteiger partial charge in [-0.2, -0.15) is 0 Å². The van der Waals surface area contributed by atoms with Crippen LogP contribution in [0.5, 0.6) is 0 Å². The summed E-state index contributed by atoms with van der Waals surface area (Å²) >= 11 is 0. The average Bonchev–Trinajstić information content (AvgIpc) is 2.91. The van der Waals surface area contributed by atoms with Crippen molar-refractivity contribution in [3.8, 4) is 0 Å². The van der Waals surface area contributed by atoms with Crippen LogP contribution >= 0.6 is 12.4 Å². The molecule has 3 atom stereocenters. The van der Waals surface area contributed by atoms with Crippen molar-refractivity contribution in [2.45, 2.75) is 25.3 Å². The van der Waals surface area contributed by atoms with Gasteiger partial charge in [0.05, 0.1) is 0 Å². The number of fused-ring (bicyclic) bond motifs is 1. The molecule has 0 radical (unpaired) electrons. The third-order valence-electron chi connectivity index (χ3n) is 4.55. The smallest absolute Gasteiger partial charge is 0.00826 e. The first kappa shape index (κ1) is 13.9. The van der Waals surface area contributed by atoms with Crippen LogP contribution in [0.15, 0.2) is 30.3 Å². The van der Waals surface area contributed by atoms with Gasteiger partial charge in [0.25, 0.3) is 0 Å². The van der Waals surface area contributed by atoms with E-state index >= 15 is 0 Å². The first-order valence-electron chi connectivity index (χ1n) is 6.85. The Hall–Kier alpha value is -0.570. The van der Waals surface area contributed by atoms with Gasteiger partial charge in [-0.15, -0.1) is 12.4 Å². The quantitative estimate of drug-likeness (QED) is 0.910. The van der Waals surface area contributed by atoms with Crippen LogP contribution in [0.1, 0.15) is 18.4 Å². The van der Waals surface area contributed by atoms with Crippen molar-refractivity contribution in [3.63, 3.8) is 0 Å². The highest BCUT2D eigenvalue weighted by molar-refractivity contribution is 5.85. The number of hydrogen-bond donors (Lipinski definition) is 1. The molecule has 1 aromatic rings. The minimum Gasteiger partial charge on any atom is -0.327 e. The lowest BCUT2D eigenvalue weighted by Gasteiger charge is -2.18. The second kappa shape index (κ2) is 6.05. The van der Waals surface area contributed by atoms with E-state index in [2.05, 4.69) is 35.2 Å². The van der Waals surface area contributed by atoms with Crippen LogP contribution in [-0.4, -0.2) is 30.6 Å². The standard InChI is InChI=1S/C15H22N2.ClH/c16-15-7-6-13-10-17(11-14(13)15)9-8-12-4-2-1-3-5-12;/h1-5,13-15H,6-11,16H2;1H. The van der Waals surface area contributed by atoms with Crippen LogP contribution in [0.2, 0.25) is 0 Å². The van der Waals surface area contributed by atoms with Gasteiger partial charge < -0.3 is 10.6 Å². The van der Waals surface area contributed by atoms with Crippen molar-refractivity contribution < 1.29 is 0 Å². The average molecular weight is 267 g/mol. The lowest BCUT2D eigenvalue weighted by Crippen LogP contribution is -2.31. The van der Waals surface area contributed by atoms with E-state index in [9.17, 15) is 0 Å². The molecular weight excluding hydrogens is 244 g/mol. The summed E-state index contributed by atoms with van der Waals surface area (Å²) in [6, 6.07) is 11.3. The van der Waals surface area contributed by atoms with Crippen LogP contribution in [0.4, 0.5) is 0 Å². The number of nitrogens with two attached hydrogens (primary N) is 1. The van der Waals surface area contributed by atoms with E-state index < -0.39 is 0 Å². The molecule has 3 rings (SSSR count). The van der Waals surface area contributed by atoms with Crippen molar-refractivity contribution in [3.05, 3.63) is 35.9 Å². The highest BCUT2D eigenvalue weighted by Gasteiger charge is 2.40. The largest absolute Gasteiger partial charge is 0.327 e. The molecule has 100 valence electrons. The molecule has 3 heteroatoms. The normalized spacial score (nSPS) is 31.1. The van der Waals surface area contributed by atoms with E-state index in [1.165, 1.54) is 44.5 Å². The molecule has 2 aliphatic rings. The van der Waals surface area contributed by atoms with Gasteiger partial charge in [0.15, 0.2) is 0 Å². The van der Waals surface area contributed by atoms with E-state index in [-0.39, 0.29) is 12.4 Å². The monoisotopic (exact) mass is 266 g/mol. The fourth-order valence-corrected chi connectivity index (χ4v) is 3.51. The molecule has 1 aliphatic heterocycles. The topological polar surface area (TPSA) is 29.3 Å². The van der Waals surface area contributed by atoms with Gasteiger partial charge in [0.2, 0.25) is 0 Å². The summed E-state index contributed by atoms with van der Waals surface area (Å²) in [7, 11) is 0. The Labute approximate surface area is 116 Å². The van der Waals surface area contributed by atoms with E-state index in [1.807, 2.05) is 0 Å². The molecule has 1 saturated heterocycles. The minimum absolute atomic E-state index is 0. The number of benzene rings is 1. The third kappa shape index (κ3) is 2.87. The van der Waals surface area contributed by atoms with Crippen molar-refractivity contribution in [1.82, 2.24) is 4.90 Å². The Kier molecular flexibility index (Phi) is 4.66. The van der Waals surface area contributed by atoms with E-state index in [0.29, 0.717) is 6.04 Å². The van der Waals surface area contributed by atoms with Crippen molar-refractivity contribution in [2.24, 2.45) is 17.6 Å². The Balaban J connectivity index is 0.00000120. The zero-order valence-electron chi connectivity index (χ0n) is 10.8. The van der Waals surface area contributed by atoms with Gasteiger partial charge in [-0.3, -0.25) is 0 Å². The molecule has 18 heavy (non-hydrogen) atoms. The first-order chi connectivity index (χ1) is 8.33. The highest BCUT2D eigenvalue weighted by Crippen LogP contribution is 2.36. The van der Waals surface area contributed by atoms with Crippen molar-refractivity contribution >= 4 is 12.4 Å². The molecule has 1 heterocycles. The van der Waals surface area contributed by atoms with Crippen LogP contribution in [-0.2, 0) is 6.42 Å². The maximum absolute atomic E-state index is 6.16. The molecule has 1 aromatic carbocycles. The molecule has 0 aromatic heterocycles. The lowest BCUT2D eigenvalue weighted by molar-refractivity contribution is 0.309. The summed E-state index contributed by atoms with van der Waals surface area (Å²) in [4.78, 5) is 2.61. The van der Waals surface area contributed by atoms with Gasteiger partial charge in [-0.05, 0) is 36.7 Å². The molecule has 1 aliphatic carbocycles. The summed E-state index contributed by atoms with van der Waals surface area (Å²) in [5, 5.41) is 0. The number of halogens is 1. The summed E-state index contributed by atoms with van der Waals surface area (Å²) in [6.45, 7) is 3.72. The third-order valence-corrected chi connectivity index (χ3v) is 4.55. The predicted molar refractivity (Wildman–Crippen MR) is 78.0 cm³/mol. The van der Waals surface area contributed by atoms with E-state index in [1.54, 1.807) is 0 Å². The van der Waals surface area contributed by atoms with Crippen molar-refractivity contribution in [1.29, 1.82) is 0 Å². The summed E-state index contributed by atoms with van der Waals surface area (Å²) in [5.41, 5.74) is 7.62. The molecule has 2 fully saturated rings. The Morgan fingerprint density at radius 2 is 1.89 bits per heavy atom. The van der Waals surface area contributed by atoms with Gasteiger partial charge in [-0.1, -0.05) is 30.3 Å². The maximum atomic E-state index is 6.16. The molecule has 2 N–H and O–H groups in total. The van der Waals surface area contributed by atoms with Crippen LogP contribution in [0.25, 0.3) is 0 Å². The Bertz CT molecular complexity index is 368. The summed E-state index contributed by atoms with van der Waals surface area (Å²) < 4.78 is 0. The van der Waals surface area contributed by atoms with Crippen LogP contribution in [0.3, 0.4) is 0 Å². The predicted octanol–water partition coefficient (Wildman–Crippen LogP) is 2.32. The van der Waals surface area contributed by atoms with Crippen LogP contribution < -0.4 is 5.73 Å². The lowest BCUT2D eigenvalue weighted by atomic mass is 9.98. The van der Waals surface area contributed by atoms with E-state index in [0.717, 1.165) is 11.8 Å². The van der Waals surface area contributed by atoms with Gasteiger partial charge >= 0.3 is 0 Å². The summed E-state index contributed by atoms with van der Waals surface area (Å²) in [6.07, 6.45) is 3.78. The Morgan fingerprint density at radius 3 is 2.61 bits per heavy atom. The molecule has 2 nitrogen and oxygen atoms in total. The number of nitrogens with zero attached hydrogens (tertiary/aromatic N) is 1. The minimum atomic E-state index is 0. The number of likely N-dealkylation sites (tertiary alicyclic amines) is 1. The number of rotatable bonds is 3. The fourth-order valence-electron chi connectivity index (χ4n) is 3.51. The highest BCUT2D eigenvalue weighted by atomic mass is 35.5. The molecule has 1 saturated carbocycles. The first-order valence-corrected chi connectivity index (χ1v) is 6.85. The zero-order valence-corrected chi connectivity index (χ0v) is 11.6. The second-order valence-electron chi connectivity index (χ2n) is 5.66. The van der Waals surface area contributed by atoms with Crippen molar-refractivity contribution in [2.75, 3.05) is 19.6 Å². The van der Waals surface area contributed by atoms with Gasteiger partial charge in [0.1, 0.15) is 0 Å². The number of hydrogen-bond acceptors (Lipinski definition) is 2. The zero-order chi connectivity index (χ0) is 11.7. The Morgan fingerprint density at radius 1 is 1.11 bits per heavy atom. The molecule has 0 amide bonds. The van der Waals surface area contributed by atoms with Crippen LogP contribution in [0, 0.1) is 11.8 Å². The summed E-state index contributed by atoms with van der Waals surface area (Å²) in [5.74, 6) is 1.67. The van der Waals surface area contributed by atoms with Gasteiger partial charge in [-0.25, -0.2) is 0 Å².